The SMILES string of the molecule is C=CCN(CC(=O)Nc1ccc([N+](=O)[O-])cc1)C(C)=O. The summed E-state index contributed by atoms with van der Waals surface area (Å²) < 4.78 is 0. The number of anilines is 1. The Hall–Kier alpha value is -2.70. The van der Waals surface area contributed by atoms with Crippen molar-refractivity contribution in [2.75, 3.05) is 18.4 Å². The van der Waals surface area contributed by atoms with Gasteiger partial charge in [0.05, 0.1) is 4.92 Å². The fraction of sp³-hybridized carbons (Fsp3) is 0.231. The van der Waals surface area contributed by atoms with Crippen molar-refractivity contribution in [2.45, 2.75) is 6.92 Å². The Bertz CT molecular complexity index is 525. The predicted octanol–water partition coefficient (Wildman–Crippen LogP) is 1.57. The molecule has 20 heavy (non-hydrogen) atoms. The molecule has 0 spiro atoms. The Morgan fingerprint density at radius 3 is 2.45 bits per heavy atom. The first-order valence-corrected chi connectivity index (χ1v) is 5.84. The first-order chi connectivity index (χ1) is 9.43. The maximum atomic E-state index is 11.7. The molecule has 0 aromatic heterocycles. The van der Waals surface area contributed by atoms with Crippen LogP contribution >= 0.6 is 0 Å². The number of carbonyl (C=O) groups excluding carboxylic acids is 2. The summed E-state index contributed by atoms with van der Waals surface area (Å²) >= 11 is 0. The Labute approximate surface area is 116 Å². The number of hydrogen-bond acceptors (Lipinski definition) is 4. The lowest BCUT2D eigenvalue weighted by atomic mass is 10.3. The first-order valence-electron chi connectivity index (χ1n) is 5.84. The van der Waals surface area contributed by atoms with Gasteiger partial charge in [-0.2, -0.15) is 0 Å². The summed E-state index contributed by atoms with van der Waals surface area (Å²) in [6.45, 7) is 5.06. The molecule has 1 aromatic rings. The number of amides is 2. The third kappa shape index (κ3) is 4.52. The second kappa shape index (κ2) is 7.03. The van der Waals surface area contributed by atoms with E-state index in [1.165, 1.54) is 42.2 Å². The first kappa shape index (κ1) is 15.4. The van der Waals surface area contributed by atoms with Crippen molar-refractivity contribution < 1.29 is 14.5 Å². The van der Waals surface area contributed by atoms with Crippen LogP contribution in [0, 0.1) is 10.1 Å². The van der Waals surface area contributed by atoms with E-state index < -0.39 is 4.92 Å². The molecule has 0 atom stereocenters. The van der Waals surface area contributed by atoms with E-state index >= 15 is 0 Å². The molecular weight excluding hydrogens is 262 g/mol. The van der Waals surface area contributed by atoms with Crippen molar-refractivity contribution in [1.82, 2.24) is 4.90 Å². The number of rotatable bonds is 6. The van der Waals surface area contributed by atoms with Gasteiger partial charge in [-0.15, -0.1) is 6.58 Å². The van der Waals surface area contributed by atoms with Crippen molar-refractivity contribution in [3.63, 3.8) is 0 Å². The minimum atomic E-state index is -0.521. The van der Waals surface area contributed by atoms with Gasteiger partial charge in [-0.25, -0.2) is 0 Å². The maximum absolute atomic E-state index is 11.7. The zero-order valence-electron chi connectivity index (χ0n) is 11.0. The molecule has 1 aromatic carbocycles. The monoisotopic (exact) mass is 277 g/mol. The zero-order valence-corrected chi connectivity index (χ0v) is 11.0. The topological polar surface area (TPSA) is 92.6 Å². The highest BCUT2D eigenvalue weighted by atomic mass is 16.6. The van der Waals surface area contributed by atoms with Gasteiger partial charge in [0.2, 0.25) is 11.8 Å². The number of carbonyl (C=O) groups is 2. The summed E-state index contributed by atoms with van der Waals surface area (Å²) in [7, 11) is 0. The van der Waals surface area contributed by atoms with Gasteiger partial charge >= 0.3 is 0 Å². The minimum absolute atomic E-state index is 0.0555. The molecule has 0 aliphatic rings. The van der Waals surface area contributed by atoms with Crippen molar-refractivity contribution in [3.05, 3.63) is 47.0 Å². The molecule has 7 heteroatoms. The van der Waals surface area contributed by atoms with E-state index in [0.717, 1.165) is 0 Å². The predicted molar refractivity (Wildman–Crippen MR) is 74.2 cm³/mol. The van der Waals surface area contributed by atoms with Crippen LogP contribution in [-0.2, 0) is 9.59 Å². The Morgan fingerprint density at radius 2 is 2.00 bits per heavy atom. The maximum Gasteiger partial charge on any atom is 0.269 e. The minimum Gasteiger partial charge on any atom is -0.330 e. The number of nitro benzene ring substituents is 1. The summed E-state index contributed by atoms with van der Waals surface area (Å²) in [5.41, 5.74) is 0.378. The molecule has 0 bridgehead atoms. The van der Waals surface area contributed by atoms with E-state index in [-0.39, 0.29) is 30.6 Å². The average molecular weight is 277 g/mol. The molecule has 0 aliphatic carbocycles. The van der Waals surface area contributed by atoms with Crippen molar-refractivity contribution >= 4 is 23.2 Å². The fourth-order valence-corrected chi connectivity index (χ4v) is 1.50. The van der Waals surface area contributed by atoms with Crippen LogP contribution in [0.3, 0.4) is 0 Å². The summed E-state index contributed by atoms with van der Waals surface area (Å²) in [6, 6.07) is 5.45. The molecule has 7 nitrogen and oxygen atoms in total. The molecule has 0 radical (unpaired) electrons. The van der Waals surface area contributed by atoms with Crippen molar-refractivity contribution in [2.24, 2.45) is 0 Å². The van der Waals surface area contributed by atoms with Crippen molar-refractivity contribution in [3.8, 4) is 0 Å². The summed E-state index contributed by atoms with van der Waals surface area (Å²) in [4.78, 5) is 34.3. The number of non-ortho nitro benzene ring substituents is 1. The van der Waals surface area contributed by atoms with Crippen molar-refractivity contribution in [1.29, 1.82) is 0 Å². The van der Waals surface area contributed by atoms with Gasteiger partial charge in [0.25, 0.3) is 5.69 Å². The van der Waals surface area contributed by atoms with Gasteiger partial charge in [0, 0.05) is 31.3 Å². The smallest absolute Gasteiger partial charge is 0.269 e. The highest BCUT2D eigenvalue weighted by Crippen LogP contribution is 2.15. The molecule has 0 saturated heterocycles. The normalized spacial score (nSPS) is 9.65. The van der Waals surface area contributed by atoms with E-state index in [2.05, 4.69) is 11.9 Å². The van der Waals surface area contributed by atoms with Gasteiger partial charge in [-0.05, 0) is 12.1 Å². The highest BCUT2D eigenvalue weighted by Gasteiger charge is 2.12. The van der Waals surface area contributed by atoms with Gasteiger partial charge in [0.15, 0.2) is 0 Å². The van der Waals surface area contributed by atoms with Crippen LogP contribution in [0.2, 0.25) is 0 Å². The van der Waals surface area contributed by atoms with Gasteiger partial charge in [-0.3, -0.25) is 19.7 Å². The van der Waals surface area contributed by atoms with E-state index in [1.807, 2.05) is 0 Å². The number of nitrogens with zero attached hydrogens (tertiary/aromatic N) is 2. The van der Waals surface area contributed by atoms with Gasteiger partial charge in [-0.1, -0.05) is 6.08 Å². The average Bonchev–Trinajstić information content (AvgIpc) is 2.38. The molecule has 0 aliphatic heterocycles. The second-order valence-corrected chi connectivity index (χ2v) is 4.04. The summed E-state index contributed by atoms with van der Waals surface area (Å²) in [6.07, 6.45) is 1.53. The van der Waals surface area contributed by atoms with E-state index in [1.54, 1.807) is 0 Å². The third-order valence-electron chi connectivity index (χ3n) is 2.49. The molecule has 0 unspecified atom stereocenters. The van der Waals surface area contributed by atoms with E-state index in [4.69, 9.17) is 0 Å². The Morgan fingerprint density at radius 1 is 1.40 bits per heavy atom. The largest absolute Gasteiger partial charge is 0.330 e. The van der Waals surface area contributed by atoms with Crippen LogP contribution in [0.1, 0.15) is 6.92 Å². The summed E-state index contributed by atoms with van der Waals surface area (Å²) in [5, 5.41) is 13.1. The molecule has 2 amide bonds. The molecular formula is C13H15N3O4. The lowest BCUT2D eigenvalue weighted by Crippen LogP contribution is -2.36. The van der Waals surface area contributed by atoms with E-state index in [9.17, 15) is 19.7 Å². The third-order valence-corrected chi connectivity index (χ3v) is 2.49. The Balaban J connectivity index is 2.63. The molecule has 1 N–H and O–H groups in total. The lowest BCUT2D eigenvalue weighted by molar-refractivity contribution is -0.384. The number of nitrogens with one attached hydrogen (secondary N) is 1. The molecule has 0 heterocycles. The number of benzene rings is 1. The quantitative estimate of drug-likeness (QED) is 0.485. The molecule has 0 saturated carbocycles. The molecule has 106 valence electrons. The van der Waals surface area contributed by atoms with Crippen LogP contribution < -0.4 is 5.32 Å². The van der Waals surface area contributed by atoms with Crippen LogP contribution in [0.5, 0.6) is 0 Å². The number of nitro groups is 1. The van der Waals surface area contributed by atoms with Crippen LogP contribution in [-0.4, -0.2) is 34.7 Å². The fourth-order valence-electron chi connectivity index (χ4n) is 1.50. The highest BCUT2D eigenvalue weighted by molar-refractivity contribution is 5.94. The Kier molecular flexibility index (Phi) is 5.40. The van der Waals surface area contributed by atoms with Crippen LogP contribution in [0.4, 0.5) is 11.4 Å². The van der Waals surface area contributed by atoms with Gasteiger partial charge in [0.1, 0.15) is 6.54 Å². The summed E-state index contributed by atoms with van der Waals surface area (Å²) in [5.74, 6) is -0.611. The zero-order chi connectivity index (χ0) is 15.1. The van der Waals surface area contributed by atoms with Crippen LogP contribution in [0.25, 0.3) is 0 Å². The molecule has 0 fully saturated rings. The molecule has 1 rings (SSSR count). The standard InChI is InChI=1S/C13H15N3O4/c1-3-8-15(10(2)17)9-13(18)14-11-4-6-12(7-5-11)16(19)20/h3-7H,1,8-9H2,2H3,(H,14,18). The number of hydrogen-bond donors (Lipinski definition) is 1. The van der Waals surface area contributed by atoms with E-state index in [0.29, 0.717) is 5.69 Å². The second-order valence-electron chi connectivity index (χ2n) is 4.04. The lowest BCUT2D eigenvalue weighted by Gasteiger charge is -2.18. The van der Waals surface area contributed by atoms with Crippen LogP contribution in [0.15, 0.2) is 36.9 Å². The van der Waals surface area contributed by atoms with Gasteiger partial charge < -0.3 is 10.2 Å².